The lowest BCUT2D eigenvalue weighted by Crippen LogP contribution is -2.39. The van der Waals surface area contributed by atoms with Crippen LogP contribution >= 0.6 is 0 Å². The fourth-order valence-electron chi connectivity index (χ4n) is 6.12. The van der Waals surface area contributed by atoms with Crippen LogP contribution in [0.5, 0.6) is 0 Å². The van der Waals surface area contributed by atoms with E-state index in [4.69, 9.17) is 4.74 Å². The highest BCUT2D eigenvalue weighted by Gasteiger charge is 2.29. The van der Waals surface area contributed by atoms with Crippen molar-refractivity contribution < 1.29 is 9.53 Å². The van der Waals surface area contributed by atoms with Gasteiger partial charge >= 0.3 is 0 Å². The Morgan fingerprint density at radius 1 is 1.00 bits per heavy atom. The standard InChI is InChI=1S/C33H39N3O3/c1-25-29-12-3-4-13-30(29)36(22-9-23-39-2)33(25)27-11-8-20-34(24-27)31(37)15-7-10-26-16-18-28(19-17-26)35-21-6-5-14-32(35)38/h3-6,12-14,16-19,21,27H,7-11,15,20,22-24H2,1-2H3. The average molecular weight is 526 g/mol. The fraction of sp³-hybridized carbons (Fsp3) is 0.394. The average Bonchev–Trinajstić information content (AvgIpc) is 3.25. The second-order valence-electron chi connectivity index (χ2n) is 10.6. The molecule has 2 aromatic carbocycles. The smallest absolute Gasteiger partial charge is 0.255 e. The number of piperidine rings is 1. The van der Waals surface area contributed by atoms with Gasteiger partial charge in [0.25, 0.3) is 5.56 Å². The number of hydrogen-bond donors (Lipinski definition) is 0. The Balaban J connectivity index is 1.21. The van der Waals surface area contributed by atoms with Gasteiger partial charge in [0.2, 0.25) is 5.91 Å². The number of nitrogens with zero attached hydrogens (tertiary/aromatic N) is 3. The number of aryl methyl sites for hydroxylation is 3. The molecule has 0 N–H and O–H groups in total. The lowest BCUT2D eigenvalue weighted by molar-refractivity contribution is -0.132. The number of ether oxygens (including phenoxy) is 1. The Morgan fingerprint density at radius 2 is 1.79 bits per heavy atom. The van der Waals surface area contributed by atoms with Crippen LogP contribution in [-0.2, 0) is 22.5 Å². The van der Waals surface area contributed by atoms with E-state index in [1.54, 1.807) is 30.0 Å². The quantitative estimate of drug-likeness (QED) is 0.244. The maximum atomic E-state index is 13.3. The molecule has 1 saturated heterocycles. The number of aromatic nitrogens is 2. The molecule has 0 bridgehead atoms. The molecule has 5 rings (SSSR count). The van der Waals surface area contributed by atoms with Crippen molar-refractivity contribution in [3.05, 3.63) is 100 Å². The summed E-state index contributed by atoms with van der Waals surface area (Å²) < 4.78 is 9.46. The zero-order valence-corrected chi connectivity index (χ0v) is 23.1. The molecule has 6 heteroatoms. The van der Waals surface area contributed by atoms with Crippen molar-refractivity contribution in [1.29, 1.82) is 0 Å². The van der Waals surface area contributed by atoms with Crippen LogP contribution in [0, 0.1) is 6.92 Å². The number of likely N-dealkylation sites (tertiary alicyclic amines) is 1. The SMILES string of the molecule is COCCCn1c(C2CCCN(C(=O)CCCc3ccc(-n4ccccc4=O)cc3)C2)c(C)c2ccccc21. The third-order valence-electron chi connectivity index (χ3n) is 8.06. The predicted molar refractivity (Wildman–Crippen MR) is 157 cm³/mol. The molecular formula is C33H39N3O3. The van der Waals surface area contributed by atoms with Gasteiger partial charge in [-0.2, -0.15) is 0 Å². The van der Waals surface area contributed by atoms with E-state index >= 15 is 0 Å². The van der Waals surface area contributed by atoms with Gasteiger partial charge in [-0.15, -0.1) is 0 Å². The van der Waals surface area contributed by atoms with Crippen molar-refractivity contribution in [3.8, 4) is 5.69 Å². The summed E-state index contributed by atoms with van der Waals surface area (Å²) in [5.41, 5.74) is 6.03. The molecule has 4 aromatic rings. The zero-order valence-electron chi connectivity index (χ0n) is 23.1. The summed E-state index contributed by atoms with van der Waals surface area (Å²) in [6.45, 7) is 5.55. The molecule has 1 atom stereocenters. The second kappa shape index (κ2) is 12.5. The lowest BCUT2D eigenvalue weighted by atomic mass is 9.91. The van der Waals surface area contributed by atoms with Crippen LogP contribution in [0.25, 0.3) is 16.6 Å². The number of amides is 1. The topological polar surface area (TPSA) is 56.5 Å². The molecule has 1 fully saturated rings. The minimum Gasteiger partial charge on any atom is -0.385 e. The van der Waals surface area contributed by atoms with Crippen molar-refractivity contribution >= 4 is 16.8 Å². The van der Waals surface area contributed by atoms with E-state index in [0.717, 1.165) is 64.0 Å². The van der Waals surface area contributed by atoms with E-state index in [-0.39, 0.29) is 11.5 Å². The van der Waals surface area contributed by atoms with Gasteiger partial charge in [0.15, 0.2) is 0 Å². The number of carbonyl (C=O) groups excluding carboxylic acids is 1. The monoisotopic (exact) mass is 525 g/mol. The predicted octanol–water partition coefficient (Wildman–Crippen LogP) is 5.87. The summed E-state index contributed by atoms with van der Waals surface area (Å²) in [4.78, 5) is 27.4. The van der Waals surface area contributed by atoms with Crippen molar-refractivity contribution in [2.45, 2.75) is 57.9 Å². The normalized spacial score (nSPS) is 15.6. The summed E-state index contributed by atoms with van der Waals surface area (Å²) in [5, 5.41) is 1.32. The molecule has 0 spiro atoms. The van der Waals surface area contributed by atoms with Gasteiger partial charge in [-0.3, -0.25) is 14.2 Å². The lowest BCUT2D eigenvalue weighted by Gasteiger charge is -2.34. The van der Waals surface area contributed by atoms with Crippen LogP contribution in [0.1, 0.15) is 54.8 Å². The van der Waals surface area contributed by atoms with Crippen LogP contribution in [0.2, 0.25) is 0 Å². The molecule has 6 nitrogen and oxygen atoms in total. The second-order valence-corrected chi connectivity index (χ2v) is 10.6. The molecule has 1 amide bonds. The molecule has 2 aromatic heterocycles. The van der Waals surface area contributed by atoms with Gasteiger partial charge in [0.05, 0.1) is 0 Å². The number of benzene rings is 2. The maximum absolute atomic E-state index is 13.3. The van der Waals surface area contributed by atoms with Gasteiger partial charge in [-0.25, -0.2) is 0 Å². The number of rotatable bonds is 10. The summed E-state index contributed by atoms with van der Waals surface area (Å²) in [6.07, 6.45) is 7.13. The van der Waals surface area contributed by atoms with E-state index in [2.05, 4.69) is 52.8 Å². The molecule has 1 aliphatic rings. The third-order valence-corrected chi connectivity index (χ3v) is 8.06. The van der Waals surface area contributed by atoms with Crippen LogP contribution in [0.15, 0.2) is 77.7 Å². The zero-order chi connectivity index (χ0) is 27.2. The minimum atomic E-state index is -0.0405. The highest BCUT2D eigenvalue weighted by Crippen LogP contribution is 2.36. The number of carbonyl (C=O) groups is 1. The highest BCUT2D eigenvalue weighted by atomic mass is 16.5. The third kappa shape index (κ3) is 6.01. The summed E-state index contributed by atoms with van der Waals surface area (Å²) in [6, 6.07) is 21.9. The Labute approximate surface area is 230 Å². The largest absolute Gasteiger partial charge is 0.385 e. The minimum absolute atomic E-state index is 0.0405. The van der Waals surface area contributed by atoms with E-state index in [1.807, 2.05) is 18.2 Å². The van der Waals surface area contributed by atoms with Crippen molar-refractivity contribution in [2.75, 3.05) is 26.8 Å². The van der Waals surface area contributed by atoms with Crippen molar-refractivity contribution in [1.82, 2.24) is 14.0 Å². The fourth-order valence-corrected chi connectivity index (χ4v) is 6.12. The summed E-state index contributed by atoms with van der Waals surface area (Å²) in [5.74, 6) is 0.610. The number of pyridine rings is 1. The van der Waals surface area contributed by atoms with Crippen LogP contribution < -0.4 is 5.56 Å². The van der Waals surface area contributed by atoms with Crippen LogP contribution in [0.3, 0.4) is 0 Å². The van der Waals surface area contributed by atoms with Gasteiger partial charge in [0.1, 0.15) is 0 Å². The van der Waals surface area contributed by atoms with E-state index in [9.17, 15) is 9.59 Å². The Morgan fingerprint density at radius 3 is 2.59 bits per heavy atom. The molecule has 0 saturated carbocycles. The molecule has 0 aliphatic carbocycles. The van der Waals surface area contributed by atoms with Crippen molar-refractivity contribution in [2.24, 2.45) is 0 Å². The van der Waals surface area contributed by atoms with Crippen LogP contribution in [0.4, 0.5) is 0 Å². The molecule has 0 radical (unpaired) electrons. The van der Waals surface area contributed by atoms with Crippen LogP contribution in [-0.4, -0.2) is 46.7 Å². The van der Waals surface area contributed by atoms with Crippen molar-refractivity contribution in [3.63, 3.8) is 0 Å². The first-order valence-electron chi connectivity index (χ1n) is 14.2. The summed E-state index contributed by atoms with van der Waals surface area (Å²) >= 11 is 0. The number of fused-ring (bicyclic) bond motifs is 1. The van der Waals surface area contributed by atoms with E-state index in [0.29, 0.717) is 12.3 Å². The van der Waals surface area contributed by atoms with E-state index < -0.39 is 0 Å². The Bertz CT molecular complexity index is 1470. The molecule has 1 aliphatic heterocycles. The van der Waals surface area contributed by atoms with Gasteiger partial charge in [0, 0.05) is 80.2 Å². The first-order valence-corrected chi connectivity index (χ1v) is 14.2. The number of hydrogen-bond acceptors (Lipinski definition) is 3. The highest BCUT2D eigenvalue weighted by molar-refractivity contribution is 5.85. The molecular weight excluding hydrogens is 486 g/mol. The maximum Gasteiger partial charge on any atom is 0.255 e. The number of methoxy groups -OCH3 is 1. The molecule has 39 heavy (non-hydrogen) atoms. The molecule has 1 unspecified atom stereocenters. The first-order chi connectivity index (χ1) is 19.1. The van der Waals surface area contributed by atoms with Gasteiger partial charge < -0.3 is 14.2 Å². The van der Waals surface area contributed by atoms with Gasteiger partial charge in [-0.1, -0.05) is 36.4 Å². The Kier molecular flexibility index (Phi) is 8.62. The summed E-state index contributed by atoms with van der Waals surface area (Å²) in [7, 11) is 1.76. The number of para-hydroxylation sites is 1. The van der Waals surface area contributed by atoms with E-state index in [1.165, 1.54) is 27.7 Å². The Hall–Kier alpha value is -3.64. The van der Waals surface area contributed by atoms with Gasteiger partial charge in [-0.05, 0) is 74.4 Å². The molecule has 3 heterocycles. The first kappa shape index (κ1) is 26.9. The molecule has 204 valence electrons.